The zero-order chi connectivity index (χ0) is 12.5. The third-order valence-corrected chi connectivity index (χ3v) is 2.52. The minimum atomic E-state index is -4.35. The van der Waals surface area contributed by atoms with E-state index in [0.29, 0.717) is 17.1 Å². The van der Waals surface area contributed by atoms with Gasteiger partial charge in [-0.25, -0.2) is 4.98 Å². The summed E-state index contributed by atoms with van der Waals surface area (Å²) in [6.45, 7) is 0. The van der Waals surface area contributed by atoms with Crippen molar-refractivity contribution in [1.29, 1.82) is 0 Å². The zero-order valence-electron chi connectivity index (χ0n) is 8.55. The fourth-order valence-electron chi connectivity index (χ4n) is 1.42. The number of H-pyrrole nitrogens is 1. The Morgan fingerprint density at radius 3 is 2.65 bits per heavy atom. The maximum Gasteiger partial charge on any atom is 0.416 e. The second-order valence-electron chi connectivity index (χ2n) is 3.47. The number of imidazole rings is 1. The second kappa shape index (κ2) is 4.41. The summed E-state index contributed by atoms with van der Waals surface area (Å²) in [5.74, 6) is 0.623. The molecule has 0 radical (unpaired) electrons. The molecule has 6 heteroatoms. The van der Waals surface area contributed by atoms with Crippen LogP contribution in [0.5, 0.6) is 0 Å². The van der Waals surface area contributed by atoms with Gasteiger partial charge < -0.3 is 4.98 Å². The molecule has 1 aromatic carbocycles. The molecule has 1 heterocycles. The highest BCUT2D eigenvalue weighted by Crippen LogP contribution is 2.31. The monoisotopic (exact) mass is 260 g/mol. The summed E-state index contributed by atoms with van der Waals surface area (Å²) in [5.41, 5.74) is 0.356. The van der Waals surface area contributed by atoms with E-state index >= 15 is 0 Å². The minimum Gasteiger partial charge on any atom is -0.341 e. The Kier molecular flexibility index (Phi) is 3.11. The SMILES string of the molecule is FC(F)(F)c1cccc(-c2ncc(CCl)[nH]2)c1. The van der Waals surface area contributed by atoms with E-state index in [9.17, 15) is 13.2 Å². The Morgan fingerprint density at radius 2 is 2.06 bits per heavy atom. The van der Waals surface area contributed by atoms with E-state index in [2.05, 4.69) is 9.97 Å². The van der Waals surface area contributed by atoms with Gasteiger partial charge in [0, 0.05) is 17.5 Å². The minimum absolute atomic E-state index is 0.242. The highest BCUT2D eigenvalue weighted by atomic mass is 35.5. The third-order valence-electron chi connectivity index (χ3n) is 2.24. The van der Waals surface area contributed by atoms with Gasteiger partial charge >= 0.3 is 6.18 Å². The highest BCUT2D eigenvalue weighted by molar-refractivity contribution is 6.16. The Morgan fingerprint density at radius 1 is 1.29 bits per heavy atom. The number of nitrogens with one attached hydrogen (secondary N) is 1. The first kappa shape index (κ1) is 12.0. The van der Waals surface area contributed by atoms with Crippen molar-refractivity contribution in [2.45, 2.75) is 12.1 Å². The molecule has 0 amide bonds. The van der Waals surface area contributed by atoms with Gasteiger partial charge in [-0.3, -0.25) is 0 Å². The van der Waals surface area contributed by atoms with Crippen molar-refractivity contribution >= 4 is 11.6 Å². The fourth-order valence-corrected chi connectivity index (χ4v) is 1.55. The summed E-state index contributed by atoms with van der Waals surface area (Å²) in [6.07, 6.45) is -2.85. The average molecular weight is 261 g/mol. The molecule has 0 atom stereocenters. The quantitative estimate of drug-likeness (QED) is 0.817. The van der Waals surface area contributed by atoms with Crippen molar-refractivity contribution in [1.82, 2.24) is 9.97 Å². The molecular formula is C11H8ClF3N2. The van der Waals surface area contributed by atoms with Crippen LogP contribution in [-0.4, -0.2) is 9.97 Å². The molecular weight excluding hydrogens is 253 g/mol. The number of benzene rings is 1. The smallest absolute Gasteiger partial charge is 0.341 e. The van der Waals surface area contributed by atoms with Crippen LogP contribution in [0.15, 0.2) is 30.5 Å². The standard InChI is InChI=1S/C11H8ClF3N2/c12-5-9-6-16-10(17-9)7-2-1-3-8(4-7)11(13,14)15/h1-4,6H,5H2,(H,16,17). The molecule has 0 saturated carbocycles. The molecule has 0 fully saturated rings. The predicted molar refractivity (Wildman–Crippen MR) is 58.6 cm³/mol. The van der Waals surface area contributed by atoms with Crippen LogP contribution < -0.4 is 0 Å². The van der Waals surface area contributed by atoms with Crippen molar-refractivity contribution in [3.63, 3.8) is 0 Å². The highest BCUT2D eigenvalue weighted by Gasteiger charge is 2.30. The molecule has 0 aliphatic carbocycles. The molecule has 90 valence electrons. The molecule has 1 aromatic heterocycles. The van der Waals surface area contributed by atoms with Crippen molar-refractivity contribution in [2.75, 3.05) is 0 Å². The van der Waals surface area contributed by atoms with Crippen LogP contribution in [0.1, 0.15) is 11.3 Å². The second-order valence-corrected chi connectivity index (χ2v) is 3.74. The van der Waals surface area contributed by atoms with Crippen molar-refractivity contribution in [2.24, 2.45) is 0 Å². The molecule has 2 rings (SSSR count). The maximum absolute atomic E-state index is 12.5. The summed E-state index contributed by atoms with van der Waals surface area (Å²) < 4.78 is 37.5. The van der Waals surface area contributed by atoms with Crippen LogP contribution >= 0.6 is 11.6 Å². The first-order valence-electron chi connectivity index (χ1n) is 4.78. The van der Waals surface area contributed by atoms with Crippen LogP contribution in [0, 0.1) is 0 Å². The van der Waals surface area contributed by atoms with E-state index in [0.717, 1.165) is 12.1 Å². The topological polar surface area (TPSA) is 28.7 Å². The van der Waals surface area contributed by atoms with Crippen LogP contribution in [-0.2, 0) is 12.1 Å². The Labute approximate surface area is 100 Å². The normalized spacial score (nSPS) is 11.8. The molecule has 2 aromatic rings. The van der Waals surface area contributed by atoms with Crippen LogP contribution in [0.4, 0.5) is 13.2 Å². The van der Waals surface area contributed by atoms with Crippen molar-refractivity contribution in [3.05, 3.63) is 41.7 Å². The number of alkyl halides is 4. The number of halogens is 4. The molecule has 0 spiro atoms. The van der Waals surface area contributed by atoms with Gasteiger partial charge in [0.2, 0.25) is 0 Å². The lowest BCUT2D eigenvalue weighted by Gasteiger charge is -2.07. The average Bonchev–Trinajstić information content (AvgIpc) is 2.76. The largest absolute Gasteiger partial charge is 0.416 e. The first-order chi connectivity index (χ1) is 8.00. The van der Waals surface area contributed by atoms with Crippen molar-refractivity contribution < 1.29 is 13.2 Å². The molecule has 2 nitrogen and oxygen atoms in total. The molecule has 0 saturated heterocycles. The Bertz CT molecular complexity index is 519. The molecule has 0 aliphatic rings. The summed E-state index contributed by atoms with van der Waals surface area (Å²) in [6, 6.07) is 4.98. The number of hydrogen-bond acceptors (Lipinski definition) is 1. The summed E-state index contributed by atoms with van der Waals surface area (Å²) in [5, 5.41) is 0. The lowest BCUT2D eigenvalue weighted by atomic mass is 10.1. The maximum atomic E-state index is 12.5. The van der Waals surface area contributed by atoms with Crippen LogP contribution in [0.25, 0.3) is 11.4 Å². The molecule has 17 heavy (non-hydrogen) atoms. The zero-order valence-corrected chi connectivity index (χ0v) is 9.31. The number of hydrogen-bond donors (Lipinski definition) is 1. The molecule has 1 N–H and O–H groups in total. The van der Waals surface area contributed by atoms with E-state index in [1.54, 1.807) is 6.07 Å². The van der Waals surface area contributed by atoms with Gasteiger partial charge in [-0.05, 0) is 12.1 Å². The van der Waals surface area contributed by atoms with Crippen molar-refractivity contribution in [3.8, 4) is 11.4 Å². The van der Waals surface area contributed by atoms with E-state index in [-0.39, 0.29) is 5.88 Å². The van der Waals surface area contributed by atoms with Gasteiger partial charge in [-0.2, -0.15) is 13.2 Å². The first-order valence-corrected chi connectivity index (χ1v) is 5.31. The predicted octanol–water partition coefficient (Wildman–Crippen LogP) is 3.83. The van der Waals surface area contributed by atoms with E-state index in [1.165, 1.54) is 12.3 Å². The van der Waals surface area contributed by atoms with Gasteiger partial charge in [0.1, 0.15) is 5.82 Å². The summed E-state index contributed by atoms with van der Waals surface area (Å²) in [7, 11) is 0. The summed E-state index contributed by atoms with van der Waals surface area (Å²) >= 11 is 5.58. The van der Waals surface area contributed by atoms with E-state index < -0.39 is 11.7 Å². The van der Waals surface area contributed by atoms with Crippen LogP contribution in [0.2, 0.25) is 0 Å². The molecule has 0 unspecified atom stereocenters. The number of aromatic nitrogens is 2. The van der Waals surface area contributed by atoms with Gasteiger partial charge in [0.15, 0.2) is 0 Å². The number of nitrogens with zero attached hydrogens (tertiary/aromatic N) is 1. The Balaban J connectivity index is 2.39. The van der Waals surface area contributed by atoms with E-state index in [1.807, 2.05) is 0 Å². The molecule has 0 bridgehead atoms. The summed E-state index contributed by atoms with van der Waals surface area (Å²) in [4.78, 5) is 6.82. The van der Waals surface area contributed by atoms with Gasteiger partial charge in [0.25, 0.3) is 0 Å². The third kappa shape index (κ3) is 2.61. The Hall–Kier alpha value is -1.49. The van der Waals surface area contributed by atoms with Crippen LogP contribution in [0.3, 0.4) is 0 Å². The van der Waals surface area contributed by atoms with Gasteiger partial charge in [-0.1, -0.05) is 12.1 Å². The lowest BCUT2D eigenvalue weighted by Crippen LogP contribution is -2.04. The fraction of sp³-hybridized carbons (Fsp3) is 0.182. The van der Waals surface area contributed by atoms with Gasteiger partial charge in [-0.15, -0.1) is 11.6 Å². The lowest BCUT2D eigenvalue weighted by molar-refractivity contribution is -0.137. The number of aromatic amines is 1. The van der Waals surface area contributed by atoms with E-state index in [4.69, 9.17) is 11.6 Å². The van der Waals surface area contributed by atoms with Gasteiger partial charge in [0.05, 0.1) is 11.4 Å². The number of rotatable bonds is 2. The molecule has 0 aliphatic heterocycles.